The summed E-state index contributed by atoms with van der Waals surface area (Å²) in [6.45, 7) is 5.52. The molecule has 15 heavy (non-hydrogen) atoms. The smallest absolute Gasteiger partial charge is 0.0921 e. The normalized spacial score (nSPS) is 19.7. The Kier molecular flexibility index (Phi) is 5.09. The van der Waals surface area contributed by atoms with Crippen LogP contribution in [0.1, 0.15) is 52.4 Å². The fourth-order valence-electron chi connectivity index (χ4n) is 2.80. The van der Waals surface area contributed by atoms with E-state index in [4.69, 9.17) is 11.1 Å². The fourth-order valence-corrected chi connectivity index (χ4v) is 2.80. The first-order chi connectivity index (χ1) is 7.19. The van der Waals surface area contributed by atoms with Gasteiger partial charge in [0.25, 0.3) is 0 Å². The van der Waals surface area contributed by atoms with Crippen molar-refractivity contribution in [3.8, 4) is 0 Å². The number of nitrogens with one attached hydrogen (secondary N) is 1. The highest BCUT2D eigenvalue weighted by Crippen LogP contribution is 2.26. The summed E-state index contributed by atoms with van der Waals surface area (Å²) in [6, 6.07) is 1.23. The van der Waals surface area contributed by atoms with Crippen LogP contribution in [-0.2, 0) is 0 Å². The summed E-state index contributed by atoms with van der Waals surface area (Å²) < 4.78 is 0. The van der Waals surface area contributed by atoms with Crippen LogP contribution in [0.2, 0.25) is 0 Å². The summed E-state index contributed by atoms with van der Waals surface area (Å²) in [6.07, 6.45) is 7.25. The van der Waals surface area contributed by atoms with Gasteiger partial charge < -0.3 is 5.73 Å². The van der Waals surface area contributed by atoms with E-state index in [1.807, 2.05) is 0 Å². The van der Waals surface area contributed by atoms with E-state index in [1.165, 1.54) is 25.7 Å². The molecule has 0 amide bonds. The van der Waals surface area contributed by atoms with Crippen LogP contribution < -0.4 is 5.73 Å². The molecule has 3 heteroatoms. The zero-order chi connectivity index (χ0) is 11.3. The van der Waals surface area contributed by atoms with E-state index in [-0.39, 0.29) is 0 Å². The second-order valence-electron chi connectivity index (χ2n) is 4.56. The van der Waals surface area contributed by atoms with E-state index in [0.717, 1.165) is 25.4 Å². The molecule has 1 aliphatic carbocycles. The highest BCUT2D eigenvalue weighted by atomic mass is 15.2. The number of rotatable bonds is 6. The zero-order valence-electron chi connectivity index (χ0n) is 10.1. The van der Waals surface area contributed by atoms with Crippen molar-refractivity contribution >= 4 is 5.84 Å². The minimum absolute atomic E-state index is 0.332. The predicted octanol–water partition coefficient (Wildman–Crippen LogP) is 2.36. The Balaban J connectivity index is 2.56. The Labute approximate surface area is 93.5 Å². The van der Waals surface area contributed by atoms with Gasteiger partial charge in [-0.1, -0.05) is 26.7 Å². The van der Waals surface area contributed by atoms with Gasteiger partial charge in [-0.2, -0.15) is 0 Å². The minimum atomic E-state index is 0.332. The largest absolute Gasteiger partial charge is 0.388 e. The van der Waals surface area contributed by atoms with Gasteiger partial charge >= 0.3 is 0 Å². The Morgan fingerprint density at radius 1 is 1.40 bits per heavy atom. The molecule has 1 rings (SSSR count). The highest BCUT2D eigenvalue weighted by molar-refractivity contribution is 5.77. The van der Waals surface area contributed by atoms with Crippen LogP contribution in [0.25, 0.3) is 0 Å². The summed E-state index contributed by atoms with van der Waals surface area (Å²) in [5, 5.41) is 7.42. The van der Waals surface area contributed by atoms with Crippen LogP contribution in [0, 0.1) is 5.41 Å². The van der Waals surface area contributed by atoms with Crippen molar-refractivity contribution in [1.82, 2.24) is 4.90 Å². The molecule has 0 saturated heterocycles. The second kappa shape index (κ2) is 6.11. The molecule has 1 unspecified atom stereocenters. The van der Waals surface area contributed by atoms with Crippen LogP contribution in [-0.4, -0.2) is 29.4 Å². The molecule has 3 N–H and O–H groups in total. The first kappa shape index (κ1) is 12.5. The van der Waals surface area contributed by atoms with Gasteiger partial charge in [0, 0.05) is 18.5 Å². The summed E-state index contributed by atoms with van der Waals surface area (Å²) >= 11 is 0. The minimum Gasteiger partial charge on any atom is -0.388 e. The van der Waals surface area contributed by atoms with E-state index in [2.05, 4.69) is 18.7 Å². The molecule has 0 aromatic carbocycles. The first-order valence-electron chi connectivity index (χ1n) is 6.27. The van der Waals surface area contributed by atoms with Crippen LogP contribution >= 0.6 is 0 Å². The molecular weight excluding hydrogens is 186 g/mol. The third-order valence-corrected chi connectivity index (χ3v) is 3.55. The Morgan fingerprint density at radius 3 is 2.40 bits per heavy atom. The molecule has 1 aliphatic rings. The van der Waals surface area contributed by atoms with Crippen molar-refractivity contribution in [2.45, 2.75) is 64.5 Å². The van der Waals surface area contributed by atoms with Gasteiger partial charge in [0.15, 0.2) is 0 Å². The van der Waals surface area contributed by atoms with Gasteiger partial charge in [-0.15, -0.1) is 0 Å². The van der Waals surface area contributed by atoms with Crippen LogP contribution in [0.5, 0.6) is 0 Å². The third-order valence-electron chi connectivity index (χ3n) is 3.55. The van der Waals surface area contributed by atoms with Gasteiger partial charge in [-0.05, 0) is 25.8 Å². The Bertz CT molecular complexity index is 197. The topological polar surface area (TPSA) is 53.1 Å². The van der Waals surface area contributed by atoms with Crippen LogP contribution in [0.15, 0.2) is 0 Å². The molecule has 0 bridgehead atoms. The first-order valence-corrected chi connectivity index (χ1v) is 6.27. The summed E-state index contributed by atoms with van der Waals surface area (Å²) in [7, 11) is 0. The zero-order valence-corrected chi connectivity index (χ0v) is 10.1. The van der Waals surface area contributed by atoms with Crippen molar-refractivity contribution in [3.05, 3.63) is 0 Å². The predicted molar refractivity (Wildman–Crippen MR) is 65.2 cm³/mol. The summed E-state index contributed by atoms with van der Waals surface area (Å²) in [5.74, 6) is 0.332. The lowest BCUT2D eigenvalue weighted by Gasteiger charge is -2.35. The highest BCUT2D eigenvalue weighted by Gasteiger charge is 2.26. The maximum absolute atomic E-state index is 7.42. The number of hydrogen-bond donors (Lipinski definition) is 2. The van der Waals surface area contributed by atoms with Crippen molar-refractivity contribution in [2.75, 3.05) is 6.54 Å². The van der Waals surface area contributed by atoms with Gasteiger partial charge in [0.1, 0.15) is 0 Å². The van der Waals surface area contributed by atoms with Gasteiger partial charge in [-0.25, -0.2) is 0 Å². The fraction of sp³-hybridized carbons (Fsp3) is 0.917. The van der Waals surface area contributed by atoms with Gasteiger partial charge in [-0.3, -0.25) is 10.3 Å². The lowest BCUT2D eigenvalue weighted by atomic mass is 10.0. The molecule has 88 valence electrons. The van der Waals surface area contributed by atoms with Crippen molar-refractivity contribution < 1.29 is 0 Å². The average molecular weight is 211 g/mol. The molecule has 1 atom stereocenters. The number of nitrogens with zero attached hydrogens (tertiary/aromatic N) is 1. The van der Waals surface area contributed by atoms with E-state index in [9.17, 15) is 0 Å². The Hall–Kier alpha value is -0.570. The van der Waals surface area contributed by atoms with Gasteiger partial charge in [0.2, 0.25) is 0 Å². The molecule has 1 fully saturated rings. The van der Waals surface area contributed by atoms with E-state index < -0.39 is 0 Å². The van der Waals surface area contributed by atoms with Crippen molar-refractivity contribution in [3.63, 3.8) is 0 Å². The lowest BCUT2D eigenvalue weighted by molar-refractivity contribution is 0.142. The van der Waals surface area contributed by atoms with Crippen LogP contribution in [0.3, 0.4) is 0 Å². The van der Waals surface area contributed by atoms with Crippen LogP contribution in [0.4, 0.5) is 0 Å². The summed E-state index contributed by atoms with van der Waals surface area (Å²) in [4.78, 5) is 2.56. The SMILES string of the molecule is CCC(CC(=N)N)N(CC)C1CCCC1. The number of nitrogens with two attached hydrogens (primary N) is 1. The van der Waals surface area contributed by atoms with Crippen molar-refractivity contribution in [2.24, 2.45) is 5.73 Å². The third kappa shape index (κ3) is 3.49. The maximum atomic E-state index is 7.42. The molecule has 0 aromatic heterocycles. The molecular formula is C12H25N3. The van der Waals surface area contributed by atoms with Gasteiger partial charge in [0.05, 0.1) is 5.84 Å². The monoisotopic (exact) mass is 211 g/mol. The van der Waals surface area contributed by atoms with E-state index in [1.54, 1.807) is 0 Å². The van der Waals surface area contributed by atoms with E-state index >= 15 is 0 Å². The molecule has 1 saturated carbocycles. The average Bonchev–Trinajstić information content (AvgIpc) is 2.70. The Morgan fingerprint density at radius 2 is 2.00 bits per heavy atom. The molecule has 0 spiro atoms. The lowest BCUT2D eigenvalue weighted by Crippen LogP contribution is -2.43. The molecule has 0 radical (unpaired) electrons. The van der Waals surface area contributed by atoms with E-state index in [0.29, 0.717) is 11.9 Å². The second-order valence-corrected chi connectivity index (χ2v) is 4.56. The molecule has 0 heterocycles. The maximum Gasteiger partial charge on any atom is 0.0921 e. The molecule has 3 nitrogen and oxygen atoms in total. The summed E-state index contributed by atoms with van der Waals surface area (Å²) in [5.41, 5.74) is 5.52. The molecule has 0 aromatic rings. The number of amidine groups is 1. The quantitative estimate of drug-likeness (QED) is 0.523. The number of hydrogen-bond acceptors (Lipinski definition) is 2. The standard InChI is InChI=1S/C12H25N3/c1-3-10(9-12(13)14)15(4-2)11-7-5-6-8-11/h10-11H,3-9H2,1-2H3,(H3,13,14). The molecule has 0 aliphatic heterocycles. The van der Waals surface area contributed by atoms with Crippen molar-refractivity contribution in [1.29, 1.82) is 5.41 Å².